The Bertz CT molecular complexity index is 1120. The molecule has 0 bridgehead atoms. The highest BCUT2D eigenvalue weighted by Gasteiger charge is 2.39. The predicted octanol–water partition coefficient (Wildman–Crippen LogP) is 0.136. The molecule has 1 saturated heterocycles. The average Bonchev–Trinajstić information content (AvgIpc) is 3.34. The third-order valence-corrected chi connectivity index (χ3v) is 6.51. The molecule has 4 amide bonds. The van der Waals surface area contributed by atoms with Crippen LogP contribution in [-0.2, 0) is 54.1 Å². The maximum absolute atomic E-state index is 12.9. The molecule has 242 valence electrons. The van der Waals surface area contributed by atoms with Crippen LogP contribution in [0.4, 0.5) is 5.69 Å². The highest BCUT2D eigenvalue weighted by molar-refractivity contribution is 6.06. The van der Waals surface area contributed by atoms with Crippen LogP contribution in [0.15, 0.2) is 18.2 Å². The van der Waals surface area contributed by atoms with Crippen molar-refractivity contribution in [3.63, 3.8) is 0 Å². The lowest BCUT2D eigenvalue weighted by atomic mass is 10.0. The zero-order valence-electron chi connectivity index (χ0n) is 24.8. The lowest BCUT2D eigenvalue weighted by Crippen LogP contribution is -2.52. The van der Waals surface area contributed by atoms with Gasteiger partial charge in [-0.2, -0.15) is 0 Å². The minimum atomic E-state index is -0.725. The molecule has 2 N–H and O–H groups in total. The standard InChI is InChI=1S/C30H41N3O11/c1-2-8-38-9-10-39-11-12-40-13-14-41-15-16-42-17-18-43-19-20-44-22-28(35)31-25-5-3-4-23-24(25)21-33(30(23)37)26-6-7-27(34)32-29(26)36/h1,3-5,26H,6-22H2,(H,31,35)(H,32,34,36). The van der Waals surface area contributed by atoms with Gasteiger partial charge in [0, 0.05) is 29.8 Å². The van der Waals surface area contributed by atoms with E-state index >= 15 is 0 Å². The van der Waals surface area contributed by atoms with E-state index in [0.29, 0.717) is 89.5 Å². The van der Waals surface area contributed by atoms with Gasteiger partial charge in [-0.15, -0.1) is 6.42 Å². The number of nitrogens with one attached hydrogen (secondary N) is 2. The summed E-state index contributed by atoms with van der Waals surface area (Å²) >= 11 is 0. The van der Waals surface area contributed by atoms with Crippen LogP contribution in [-0.4, -0.2) is 127 Å². The monoisotopic (exact) mass is 619 g/mol. The second-order valence-corrected chi connectivity index (χ2v) is 9.65. The minimum absolute atomic E-state index is 0.163. The van der Waals surface area contributed by atoms with Crippen molar-refractivity contribution in [3.05, 3.63) is 29.3 Å². The number of carbonyl (C=O) groups is 4. The number of piperidine rings is 1. The third-order valence-electron chi connectivity index (χ3n) is 6.51. The third kappa shape index (κ3) is 12.3. The summed E-state index contributed by atoms with van der Waals surface area (Å²) in [6, 6.07) is 4.29. The van der Waals surface area contributed by atoms with Gasteiger partial charge in [0.05, 0.1) is 79.3 Å². The molecule has 0 spiro atoms. The van der Waals surface area contributed by atoms with E-state index in [-0.39, 0.29) is 56.9 Å². The van der Waals surface area contributed by atoms with Crippen LogP contribution in [0.5, 0.6) is 0 Å². The number of fused-ring (bicyclic) bond motifs is 1. The zero-order valence-corrected chi connectivity index (χ0v) is 24.8. The van der Waals surface area contributed by atoms with E-state index in [4.69, 9.17) is 39.6 Å². The SMILES string of the molecule is C#CCOCCOCCOCCOCCOCCOCCOCC(=O)Nc1cccc2c1CN(C1CCC(=O)NC1=O)C2=O. The van der Waals surface area contributed by atoms with Gasteiger partial charge in [-0.3, -0.25) is 24.5 Å². The Morgan fingerprint density at radius 3 is 1.93 bits per heavy atom. The van der Waals surface area contributed by atoms with Crippen molar-refractivity contribution < 1.29 is 52.3 Å². The molecule has 0 aliphatic carbocycles. The van der Waals surface area contributed by atoms with Gasteiger partial charge in [-0.25, -0.2) is 0 Å². The van der Waals surface area contributed by atoms with E-state index in [9.17, 15) is 19.2 Å². The van der Waals surface area contributed by atoms with Crippen LogP contribution >= 0.6 is 0 Å². The van der Waals surface area contributed by atoms with Crippen molar-refractivity contribution >= 4 is 29.3 Å². The van der Waals surface area contributed by atoms with E-state index in [1.54, 1.807) is 18.2 Å². The van der Waals surface area contributed by atoms with Crippen LogP contribution in [0.2, 0.25) is 0 Å². The van der Waals surface area contributed by atoms with E-state index < -0.39 is 11.9 Å². The van der Waals surface area contributed by atoms with E-state index in [1.807, 2.05) is 0 Å². The Kier molecular flexibility index (Phi) is 16.4. The first-order valence-corrected chi connectivity index (χ1v) is 14.5. The highest BCUT2D eigenvalue weighted by Crippen LogP contribution is 2.32. The summed E-state index contributed by atoms with van der Waals surface area (Å²) in [4.78, 5) is 50.5. The first-order chi connectivity index (χ1) is 21.5. The van der Waals surface area contributed by atoms with Crippen LogP contribution in [0.1, 0.15) is 28.8 Å². The maximum Gasteiger partial charge on any atom is 0.255 e. The number of nitrogens with zero attached hydrogens (tertiary/aromatic N) is 1. The molecule has 1 aromatic carbocycles. The normalized spacial score (nSPS) is 16.1. The summed E-state index contributed by atoms with van der Waals surface area (Å²) in [5.41, 5.74) is 1.52. The van der Waals surface area contributed by atoms with Crippen molar-refractivity contribution in [2.75, 3.05) is 97.8 Å². The Morgan fingerprint density at radius 1 is 0.841 bits per heavy atom. The van der Waals surface area contributed by atoms with Crippen molar-refractivity contribution in [3.8, 4) is 12.3 Å². The van der Waals surface area contributed by atoms with Gasteiger partial charge >= 0.3 is 0 Å². The second-order valence-electron chi connectivity index (χ2n) is 9.65. The fourth-order valence-electron chi connectivity index (χ4n) is 4.40. The smallest absolute Gasteiger partial charge is 0.255 e. The van der Waals surface area contributed by atoms with Crippen molar-refractivity contribution in [2.24, 2.45) is 0 Å². The highest BCUT2D eigenvalue weighted by atomic mass is 16.6. The molecule has 2 aliphatic rings. The molecule has 1 unspecified atom stereocenters. The molecule has 14 heteroatoms. The zero-order chi connectivity index (χ0) is 31.4. The number of benzene rings is 1. The molecule has 1 aromatic rings. The first-order valence-electron chi connectivity index (χ1n) is 14.5. The van der Waals surface area contributed by atoms with Crippen LogP contribution in [0.25, 0.3) is 0 Å². The second kappa shape index (κ2) is 20.5. The molecule has 3 rings (SSSR count). The molecule has 44 heavy (non-hydrogen) atoms. The van der Waals surface area contributed by atoms with Crippen LogP contribution < -0.4 is 10.6 Å². The maximum atomic E-state index is 12.9. The summed E-state index contributed by atoms with van der Waals surface area (Å²) in [6.45, 7) is 5.24. The predicted molar refractivity (Wildman–Crippen MR) is 156 cm³/mol. The number of amides is 4. The van der Waals surface area contributed by atoms with Gasteiger partial charge in [0.2, 0.25) is 17.7 Å². The van der Waals surface area contributed by atoms with E-state index in [1.165, 1.54) is 4.90 Å². The number of hydrogen-bond donors (Lipinski definition) is 2. The van der Waals surface area contributed by atoms with Gasteiger partial charge < -0.3 is 43.4 Å². The van der Waals surface area contributed by atoms with E-state index in [0.717, 1.165) is 0 Å². The summed E-state index contributed by atoms with van der Waals surface area (Å²) in [7, 11) is 0. The lowest BCUT2D eigenvalue weighted by Gasteiger charge is -2.29. The van der Waals surface area contributed by atoms with Crippen molar-refractivity contribution in [1.29, 1.82) is 0 Å². The molecular weight excluding hydrogens is 578 g/mol. The summed E-state index contributed by atoms with van der Waals surface area (Å²) in [6.07, 6.45) is 5.51. The molecule has 0 radical (unpaired) electrons. The number of ether oxygens (including phenoxy) is 7. The lowest BCUT2D eigenvalue weighted by molar-refractivity contribution is -0.137. The van der Waals surface area contributed by atoms with Crippen LogP contribution in [0.3, 0.4) is 0 Å². The quantitative estimate of drug-likeness (QED) is 0.0974. The van der Waals surface area contributed by atoms with Gasteiger partial charge in [0.15, 0.2) is 0 Å². The summed E-state index contributed by atoms with van der Waals surface area (Å²) in [5, 5.41) is 5.05. The van der Waals surface area contributed by atoms with Crippen molar-refractivity contribution in [2.45, 2.75) is 25.4 Å². The molecule has 2 heterocycles. The fourth-order valence-corrected chi connectivity index (χ4v) is 4.40. The Hall–Kier alpha value is -3.42. The Labute approximate surface area is 256 Å². The first kappa shape index (κ1) is 35.1. The molecule has 0 aromatic heterocycles. The Morgan fingerprint density at radius 2 is 1.39 bits per heavy atom. The Balaban J connectivity index is 1.15. The average molecular weight is 620 g/mol. The summed E-state index contributed by atoms with van der Waals surface area (Å²) in [5.74, 6) is 0.863. The molecule has 1 atom stereocenters. The molecule has 0 saturated carbocycles. The van der Waals surface area contributed by atoms with Crippen LogP contribution in [0, 0.1) is 12.3 Å². The van der Waals surface area contributed by atoms with Gasteiger partial charge in [0.25, 0.3) is 5.91 Å². The minimum Gasteiger partial charge on any atom is -0.377 e. The fraction of sp³-hybridized carbons (Fsp3) is 0.600. The van der Waals surface area contributed by atoms with Crippen molar-refractivity contribution in [1.82, 2.24) is 10.2 Å². The number of imide groups is 1. The number of rotatable bonds is 23. The molecule has 14 nitrogen and oxygen atoms in total. The molecule has 1 fully saturated rings. The molecule has 2 aliphatic heterocycles. The number of terminal acetylenes is 1. The topological polar surface area (TPSA) is 160 Å². The van der Waals surface area contributed by atoms with E-state index in [2.05, 4.69) is 16.6 Å². The molecular formula is C30H41N3O11. The largest absolute Gasteiger partial charge is 0.377 e. The van der Waals surface area contributed by atoms with Gasteiger partial charge in [-0.05, 0) is 18.6 Å². The number of carbonyl (C=O) groups excluding carboxylic acids is 4. The number of anilines is 1. The number of hydrogen-bond acceptors (Lipinski definition) is 11. The van der Waals surface area contributed by atoms with Gasteiger partial charge in [-0.1, -0.05) is 12.0 Å². The summed E-state index contributed by atoms with van der Waals surface area (Å²) < 4.78 is 37.5. The van der Waals surface area contributed by atoms with Gasteiger partial charge in [0.1, 0.15) is 19.3 Å².